The number of hydrogen-bond acceptors (Lipinski definition) is 2. The highest BCUT2D eigenvalue weighted by Gasteiger charge is 2.38. The molecular weight excluding hydrogens is 150 g/mol. The molecule has 2 nitrogen and oxygen atoms in total. The first kappa shape index (κ1) is 8.27. The second kappa shape index (κ2) is 3.19. The van der Waals surface area contributed by atoms with E-state index >= 15 is 0 Å². The van der Waals surface area contributed by atoms with Gasteiger partial charge in [-0.2, -0.15) is 0 Å². The number of aliphatic hydroxyl groups excluding tert-OH is 1. The van der Waals surface area contributed by atoms with E-state index in [1.165, 1.54) is 19.4 Å². The lowest BCUT2D eigenvalue weighted by atomic mass is 9.76. The Balaban J connectivity index is 2.05. The van der Waals surface area contributed by atoms with Crippen LogP contribution in [0.4, 0.5) is 0 Å². The Morgan fingerprint density at radius 1 is 1.58 bits per heavy atom. The van der Waals surface area contributed by atoms with Gasteiger partial charge in [0, 0.05) is 12.6 Å². The summed E-state index contributed by atoms with van der Waals surface area (Å²) in [4.78, 5) is 2.41. The topological polar surface area (TPSA) is 23.5 Å². The molecule has 3 saturated heterocycles. The van der Waals surface area contributed by atoms with Gasteiger partial charge in [0.2, 0.25) is 0 Å². The molecule has 0 aromatic heterocycles. The fourth-order valence-electron chi connectivity index (χ4n) is 2.64. The number of piperidine rings is 3. The Morgan fingerprint density at radius 2 is 2.42 bits per heavy atom. The Hall–Kier alpha value is -0.340. The van der Waals surface area contributed by atoms with Crippen LogP contribution in [0.25, 0.3) is 0 Å². The van der Waals surface area contributed by atoms with Crippen molar-refractivity contribution in [2.24, 2.45) is 11.8 Å². The van der Waals surface area contributed by atoms with Gasteiger partial charge in [-0.05, 0) is 31.2 Å². The van der Waals surface area contributed by atoms with E-state index < -0.39 is 0 Å². The molecule has 3 aliphatic rings. The first-order valence-electron chi connectivity index (χ1n) is 4.82. The number of rotatable bonds is 2. The molecule has 0 aromatic rings. The van der Waals surface area contributed by atoms with E-state index in [4.69, 9.17) is 5.11 Å². The molecule has 0 saturated carbocycles. The molecule has 0 spiro atoms. The van der Waals surface area contributed by atoms with Crippen molar-refractivity contribution in [3.63, 3.8) is 0 Å². The molecule has 0 amide bonds. The van der Waals surface area contributed by atoms with Crippen molar-refractivity contribution in [3.05, 3.63) is 12.7 Å². The largest absolute Gasteiger partial charge is 0.395 e. The first-order valence-corrected chi connectivity index (χ1v) is 4.82. The molecule has 2 bridgehead atoms. The molecule has 68 valence electrons. The van der Waals surface area contributed by atoms with E-state index in [0.717, 1.165) is 12.5 Å². The monoisotopic (exact) mass is 167 g/mol. The zero-order valence-electron chi connectivity index (χ0n) is 7.45. The normalized spacial score (nSPS) is 46.1. The van der Waals surface area contributed by atoms with Crippen LogP contribution in [0.5, 0.6) is 0 Å². The second-order valence-electron chi connectivity index (χ2n) is 4.02. The first-order chi connectivity index (χ1) is 5.85. The summed E-state index contributed by atoms with van der Waals surface area (Å²) in [6, 6.07) is 0.444. The van der Waals surface area contributed by atoms with Crippen molar-refractivity contribution in [1.29, 1.82) is 0 Å². The number of fused-ring (bicyclic) bond motifs is 3. The van der Waals surface area contributed by atoms with Crippen LogP contribution in [0.1, 0.15) is 12.8 Å². The third-order valence-corrected chi connectivity index (χ3v) is 3.44. The second-order valence-corrected chi connectivity index (χ2v) is 4.02. The average Bonchev–Trinajstić information content (AvgIpc) is 2.18. The summed E-state index contributed by atoms with van der Waals surface area (Å²) >= 11 is 0. The summed E-state index contributed by atoms with van der Waals surface area (Å²) in [5.74, 6) is 1.48. The lowest BCUT2D eigenvalue weighted by Crippen LogP contribution is -2.54. The minimum Gasteiger partial charge on any atom is -0.395 e. The Bertz CT molecular complexity index is 181. The van der Waals surface area contributed by atoms with Gasteiger partial charge in [0.05, 0.1) is 6.61 Å². The molecule has 3 aliphatic heterocycles. The van der Waals surface area contributed by atoms with Crippen molar-refractivity contribution in [1.82, 2.24) is 4.90 Å². The van der Waals surface area contributed by atoms with Crippen molar-refractivity contribution in [2.75, 3.05) is 19.7 Å². The standard InChI is InChI=1S/C10H17NO/c1-2-8-6-11-4-3-9(8)5-10(11)7-12/h2,8-10,12H,1,3-7H2/t8-,9?,10+/m0/s1. The van der Waals surface area contributed by atoms with Crippen LogP contribution in [-0.2, 0) is 0 Å². The number of hydrogen-bond donors (Lipinski definition) is 1. The van der Waals surface area contributed by atoms with Gasteiger partial charge in [-0.15, -0.1) is 6.58 Å². The SMILES string of the molecule is C=C[C@H]1CN2CCC1C[C@@H]2CO. The fraction of sp³-hybridized carbons (Fsp3) is 0.800. The predicted molar refractivity (Wildman–Crippen MR) is 48.9 cm³/mol. The minimum absolute atomic E-state index is 0.334. The maximum Gasteiger partial charge on any atom is 0.0586 e. The molecule has 3 rings (SSSR count). The Labute approximate surface area is 73.9 Å². The van der Waals surface area contributed by atoms with Gasteiger partial charge in [-0.1, -0.05) is 6.08 Å². The molecule has 3 heterocycles. The van der Waals surface area contributed by atoms with Crippen LogP contribution >= 0.6 is 0 Å². The van der Waals surface area contributed by atoms with Gasteiger partial charge in [-0.25, -0.2) is 0 Å². The third kappa shape index (κ3) is 1.19. The molecule has 3 fully saturated rings. The van der Waals surface area contributed by atoms with Crippen LogP contribution in [0.15, 0.2) is 12.7 Å². The molecule has 0 aromatic carbocycles. The van der Waals surface area contributed by atoms with Gasteiger partial charge in [-0.3, -0.25) is 4.90 Å². The summed E-state index contributed by atoms with van der Waals surface area (Å²) in [5.41, 5.74) is 0. The van der Waals surface area contributed by atoms with Crippen LogP contribution in [0.2, 0.25) is 0 Å². The van der Waals surface area contributed by atoms with E-state index in [0.29, 0.717) is 18.6 Å². The lowest BCUT2D eigenvalue weighted by Gasteiger charge is -2.48. The molecule has 2 heteroatoms. The van der Waals surface area contributed by atoms with Crippen LogP contribution < -0.4 is 0 Å². The maximum atomic E-state index is 9.10. The maximum absolute atomic E-state index is 9.10. The molecule has 0 radical (unpaired) electrons. The average molecular weight is 167 g/mol. The van der Waals surface area contributed by atoms with Crippen molar-refractivity contribution < 1.29 is 5.11 Å². The van der Waals surface area contributed by atoms with Crippen LogP contribution in [0, 0.1) is 11.8 Å². The van der Waals surface area contributed by atoms with E-state index in [9.17, 15) is 0 Å². The summed E-state index contributed by atoms with van der Waals surface area (Å²) in [7, 11) is 0. The predicted octanol–water partition coefficient (Wildman–Crippen LogP) is 0.875. The van der Waals surface area contributed by atoms with E-state index in [2.05, 4.69) is 17.6 Å². The van der Waals surface area contributed by atoms with Crippen molar-refractivity contribution in [3.8, 4) is 0 Å². The van der Waals surface area contributed by atoms with Gasteiger partial charge < -0.3 is 5.11 Å². The number of aliphatic hydroxyl groups is 1. The number of nitrogens with zero attached hydrogens (tertiary/aromatic N) is 1. The van der Waals surface area contributed by atoms with Gasteiger partial charge in [0.25, 0.3) is 0 Å². The molecule has 12 heavy (non-hydrogen) atoms. The van der Waals surface area contributed by atoms with Gasteiger partial charge in [0.15, 0.2) is 0 Å². The zero-order chi connectivity index (χ0) is 8.55. The highest BCUT2D eigenvalue weighted by Crippen LogP contribution is 2.36. The van der Waals surface area contributed by atoms with Crippen molar-refractivity contribution >= 4 is 0 Å². The van der Waals surface area contributed by atoms with E-state index in [1.807, 2.05) is 0 Å². The Morgan fingerprint density at radius 3 is 2.92 bits per heavy atom. The van der Waals surface area contributed by atoms with E-state index in [1.54, 1.807) is 0 Å². The third-order valence-electron chi connectivity index (χ3n) is 3.44. The molecule has 0 aliphatic carbocycles. The molecule has 2 unspecified atom stereocenters. The zero-order valence-corrected chi connectivity index (χ0v) is 7.45. The summed E-state index contributed by atoms with van der Waals surface area (Å²) in [5, 5.41) is 9.10. The van der Waals surface area contributed by atoms with Crippen LogP contribution in [-0.4, -0.2) is 35.7 Å². The highest BCUT2D eigenvalue weighted by atomic mass is 16.3. The molecule has 4 atom stereocenters. The summed E-state index contributed by atoms with van der Waals surface area (Å²) < 4.78 is 0. The summed E-state index contributed by atoms with van der Waals surface area (Å²) in [6.45, 7) is 6.50. The smallest absolute Gasteiger partial charge is 0.0586 e. The van der Waals surface area contributed by atoms with Gasteiger partial charge >= 0.3 is 0 Å². The quantitative estimate of drug-likeness (QED) is 0.617. The highest BCUT2D eigenvalue weighted by molar-refractivity contribution is 4.98. The summed E-state index contributed by atoms with van der Waals surface area (Å²) in [6.07, 6.45) is 4.56. The van der Waals surface area contributed by atoms with E-state index in [-0.39, 0.29) is 0 Å². The molecular formula is C10H17NO. The van der Waals surface area contributed by atoms with Crippen molar-refractivity contribution in [2.45, 2.75) is 18.9 Å². The fourth-order valence-corrected chi connectivity index (χ4v) is 2.64. The van der Waals surface area contributed by atoms with Gasteiger partial charge in [0.1, 0.15) is 0 Å². The lowest BCUT2D eigenvalue weighted by molar-refractivity contribution is -0.00631. The molecule has 1 N–H and O–H groups in total. The Kier molecular flexibility index (Phi) is 2.20. The minimum atomic E-state index is 0.334. The van der Waals surface area contributed by atoms with Crippen LogP contribution in [0.3, 0.4) is 0 Å².